The fourth-order valence-electron chi connectivity index (χ4n) is 3.35. The van der Waals surface area contributed by atoms with Crippen molar-refractivity contribution in [1.82, 2.24) is 20.2 Å². The van der Waals surface area contributed by atoms with Crippen molar-refractivity contribution in [3.63, 3.8) is 0 Å². The molecule has 0 radical (unpaired) electrons. The molecule has 1 amide bonds. The topological polar surface area (TPSA) is 58.1 Å². The molecule has 1 fully saturated rings. The number of aromatic nitrogens is 2. The Balaban J connectivity index is 1.70. The van der Waals surface area contributed by atoms with E-state index < -0.39 is 0 Å². The lowest BCUT2D eigenvalue weighted by Crippen LogP contribution is -2.43. The number of pyridine rings is 1. The molecule has 5 nitrogen and oxygen atoms in total. The SMILES string of the molecule is CC(C)C(=O)N[C@@H](c1nccs1)[C@H]1CCCN(Cc2cccnc2)C1. The van der Waals surface area contributed by atoms with E-state index >= 15 is 0 Å². The van der Waals surface area contributed by atoms with E-state index in [-0.39, 0.29) is 17.9 Å². The summed E-state index contributed by atoms with van der Waals surface area (Å²) in [7, 11) is 0. The largest absolute Gasteiger partial charge is 0.346 e. The number of carbonyl (C=O) groups is 1. The molecular formula is C19H26N4OS. The van der Waals surface area contributed by atoms with Crippen molar-refractivity contribution >= 4 is 17.2 Å². The summed E-state index contributed by atoms with van der Waals surface area (Å²) in [6.07, 6.45) is 7.83. The fraction of sp³-hybridized carbons (Fsp3) is 0.526. The number of amides is 1. The van der Waals surface area contributed by atoms with E-state index in [4.69, 9.17) is 0 Å². The number of hydrogen-bond acceptors (Lipinski definition) is 5. The molecule has 3 heterocycles. The van der Waals surface area contributed by atoms with Crippen molar-refractivity contribution in [1.29, 1.82) is 0 Å². The number of piperidine rings is 1. The Hall–Kier alpha value is -1.79. The molecule has 0 saturated carbocycles. The first-order valence-corrected chi connectivity index (χ1v) is 9.82. The molecule has 0 aliphatic carbocycles. The van der Waals surface area contributed by atoms with Crippen LogP contribution in [0.1, 0.15) is 43.3 Å². The third-order valence-electron chi connectivity index (χ3n) is 4.68. The van der Waals surface area contributed by atoms with Gasteiger partial charge in [-0.25, -0.2) is 4.98 Å². The Kier molecular flexibility index (Phi) is 6.15. The Bertz CT molecular complexity index is 659. The van der Waals surface area contributed by atoms with Crippen molar-refractivity contribution in [2.45, 2.75) is 39.3 Å². The summed E-state index contributed by atoms with van der Waals surface area (Å²) in [4.78, 5) is 23.5. The molecular weight excluding hydrogens is 332 g/mol. The molecule has 2 aromatic rings. The molecule has 1 saturated heterocycles. The summed E-state index contributed by atoms with van der Waals surface area (Å²) in [5.41, 5.74) is 1.24. The first-order valence-electron chi connectivity index (χ1n) is 8.94. The highest BCUT2D eigenvalue weighted by molar-refractivity contribution is 7.09. The second-order valence-corrected chi connectivity index (χ2v) is 7.94. The highest BCUT2D eigenvalue weighted by Crippen LogP contribution is 2.31. The maximum atomic E-state index is 12.3. The van der Waals surface area contributed by atoms with Crippen LogP contribution in [-0.2, 0) is 11.3 Å². The van der Waals surface area contributed by atoms with E-state index in [0.29, 0.717) is 5.92 Å². The number of thiazole rings is 1. The lowest BCUT2D eigenvalue weighted by Gasteiger charge is -2.36. The molecule has 0 unspecified atom stereocenters. The molecule has 3 rings (SSSR count). The van der Waals surface area contributed by atoms with Gasteiger partial charge in [0.25, 0.3) is 0 Å². The van der Waals surface area contributed by atoms with Crippen molar-refractivity contribution in [3.8, 4) is 0 Å². The van der Waals surface area contributed by atoms with E-state index in [2.05, 4.69) is 26.3 Å². The van der Waals surface area contributed by atoms with Gasteiger partial charge in [-0.3, -0.25) is 14.7 Å². The lowest BCUT2D eigenvalue weighted by molar-refractivity contribution is -0.125. The first-order chi connectivity index (χ1) is 12.1. The van der Waals surface area contributed by atoms with Gasteiger partial charge in [0.15, 0.2) is 0 Å². The summed E-state index contributed by atoms with van der Waals surface area (Å²) in [5, 5.41) is 6.25. The number of nitrogens with zero attached hydrogens (tertiary/aromatic N) is 3. The molecule has 0 aromatic carbocycles. The second-order valence-electron chi connectivity index (χ2n) is 7.01. The van der Waals surface area contributed by atoms with Crippen LogP contribution in [0, 0.1) is 11.8 Å². The van der Waals surface area contributed by atoms with Crippen molar-refractivity contribution in [2.75, 3.05) is 13.1 Å². The maximum Gasteiger partial charge on any atom is 0.223 e. The quantitative estimate of drug-likeness (QED) is 0.861. The van der Waals surface area contributed by atoms with Crippen LogP contribution in [0.5, 0.6) is 0 Å². The van der Waals surface area contributed by atoms with Gasteiger partial charge in [-0.05, 0) is 36.9 Å². The summed E-state index contributed by atoms with van der Waals surface area (Å²) in [6.45, 7) is 6.84. The summed E-state index contributed by atoms with van der Waals surface area (Å²) in [6, 6.07) is 4.11. The number of likely N-dealkylation sites (tertiary alicyclic amines) is 1. The smallest absolute Gasteiger partial charge is 0.223 e. The van der Waals surface area contributed by atoms with E-state index in [1.807, 2.05) is 43.9 Å². The van der Waals surface area contributed by atoms with E-state index in [1.165, 1.54) is 5.56 Å². The summed E-state index contributed by atoms with van der Waals surface area (Å²) >= 11 is 1.63. The number of nitrogens with one attached hydrogen (secondary N) is 1. The minimum Gasteiger partial charge on any atom is -0.346 e. The van der Waals surface area contributed by atoms with Gasteiger partial charge in [0, 0.05) is 43.0 Å². The molecule has 0 spiro atoms. The van der Waals surface area contributed by atoms with Gasteiger partial charge in [0.1, 0.15) is 5.01 Å². The zero-order chi connectivity index (χ0) is 17.6. The van der Waals surface area contributed by atoms with Crippen LogP contribution in [0.2, 0.25) is 0 Å². The Morgan fingerprint density at radius 3 is 3.00 bits per heavy atom. The van der Waals surface area contributed by atoms with Crippen LogP contribution in [0.3, 0.4) is 0 Å². The maximum absolute atomic E-state index is 12.3. The Labute approximate surface area is 153 Å². The molecule has 1 N–H and O–H groups in total. The average Bonchev–Trinajstić information content (AvgIpc) is 3.14. The zero-order valence-corrected chi connectivity index (χ0v) is 15.7. The van der Waals surface area contributed by atoms with Crippen molar-refractivity contribution in [2.24, 2.45) is 11.8 Å². The van der Waals surface area contributed by atoms with Crippen LogP contribution in [-0.4, -0.2) is 33.9 Å². The minimum absolute atomic E-state index is 0.00611. The normalized spacial score (nSPS) is 19.7. The minimum atomic E-state index is -0.0162. The Morgan fingerprint density at radius 1 is 1.44 bits per heavy atom. The number of rotatable bonds is 6. The standard InChI is InChI=1S/C19H26N4OS/c1-14(2)18(24)22-17(19-21-8-10-25-19)16-6-4-9-23(13-16)12-15-5-3-7-20-11-15/h3,5,7-8,10-11,14,16-17H,4,6,9,12-13H2,1-2H3,(H,22,24)/t16-,17+/m0/s1. The monoisotopic (exact) mass is 358 g/mol. The molecule has 1 aliphatic rings. The Morgan fingerprint density at radius 2 is 2.32 bits per heavy atom. The highest BCUT2D eigenvalue weighted by Gasteiger charge is 2.31. The van der Waals surface area contributed by atoms with Crippen LogP contribution in [0.4, 0.5) is 0 Å². The van der Waals surface area contributed by atoms with E-state index in [1.54, 1.807) is 11.3 Å². The molecule has 6 heteroatoms. The summed E-state index contributed by atoms with van der Waals surface area (Å²) < 4.78 is 0. The van der Waals surface area contributed by atoms with E-state index in [0.717, 1.165) is 37.5 Å². The van der Waals surface area contributed by atoms with Gasteiger partial charge in [-0.15, -0.1) is 11.3 Å². The van der Waals surface area contributed by atoms with Gasteiger partial charge in [0.2, 0.25) is 5.91 Å². The van der Waals surface area contributed by atoms with Gasteiger partial charge >= 0.3 is 0 Å². The van der Waals surface area contributed by atoms with Crippen molar-refractivity contribution < 1.29 is 4.79 Å². The predicted octanol–water partition coefficient (Wildman–Crippen LogP) is 3.26. The number of carbonyl (C=O) groups excluding carboxylic acids is 1. The van der Waals surface area contributed by atoms with Gasteiger partial charge < -0.3 is 5.32 Å². The highest BCUT2D eigenvalue weighted by atomic mass is 32.1. The third kappa shape index (κ3) is 4.86. The molecule has 2 aromatic heterocycles. The number of hydrogen-bond donors (Lipinski definition) is 1. The summed E-state index contributed by atoms with van der Waals surface area (Å²) in [5.74, 6) is 0.474. The van der Waals surface area contributed by atoms with Gasteiger partial charge in [-0.1, -0.05) is 19.9 Å². The average molecular weight is 359 g/mol. The van der Waals surface area contributed by atoms with Crippen LogP contribution >= 0.6 is 11.3 Å². The fourth-order valence-corrected chi connectivity index (χ4v) is 4.13. The predicted molar refractivity (Wildman–Crippen MR) is 100 cm³/mol. The molecule has 134 valence electrons. The van der Waals surface area contributed by atoms with Crippen molar-refractivity contribution in [3.05, 3.63) is 46.7 Å². The first kappa shape index (κ1) is 18.0. The zero-order valence-electron chi connectivity index (χ0n) is 14.9. The molecule has 2 atom stereocenters. The van der Waals surface area contributed by atoms with Crippen LogP contribution < -0.4 is 5.32 Å². The third-order valence-corrected chi connectivity index (χ3v) is 5.54. The van der Waals surface area contributed by atoms with Gasteiger partial charge in [-0.2, -0.15) is 0 Å². The second kappa shape index (κ2) is 8.54. The molecule has 1 aliphatic heterocycles. The molecule has 0 bridgehead atoms. The van der Waals surface area contributed by atoms with Gasteiger partial charge in [0.05, 0.1) is 6.04 Å². The van der Waals surface area contributed by atoms with Crippen LogP contribution in [0.25, 0.3) is 0 Å². The molecule has 25 heavy (non-hydrogen) atoms. The van der Waals surface area contributed by atoms with E-state index in [9.17, 15) is 4.79 Å². The van der Waals surface area contributed by atoms with Crippen LogP contribution in [0.15, 0.2) is 36.1 Å². The lowest BCUT2D eigenvalue weighted by atomic mass is 9.90.